The highest BCUT2D eigenvalue weighted by Gasteiger charge is 2.02. The van der Waals surface area contributed by atoms with Crippen molar-refractivity contribution in [3.8, 4) is 5.75 Å². The molecular weight excluding hydrogens is 322 g/mol. The van der Waals surface area contributed by atoms with E-state index in [4.69, 9.17) is 14.2 Å². The van der Waals surface area contributed by atoms with Gasteiger partial charge >= 0.3 is 0 Å². The molecule has 114 valence electrons. The molecule has 0 radical (unpaired) electrons. The third-order valence-electron chi connectivity index (χ3n) is 2.72. The van der Waals surface area contributed by atoms with Gasteiger partial charge in [0.15, 0.2) is 0 Å². The number of methoxy groups -OCH3 is 1. The molecule has 0 heterocycles. The molecule has 0 aliphatic heterocycles. The van der Waals surface area contributed by atoms with E-state index in [1.54, 1.807) is 7.11 Å². The summed E-state index contributed by atoms with van der Waals surface area (Å²) in [6.07, 6.45) is 0.908. The molecule has 0 saturated heterocycles. The van der Waals surface area contributed by atoms with E-state index in [9.17, 15) is 0 Å². The van der Waals surface area contributed by atoms with Crippen molar-refractivity contribution in [1.82, 2.24) is 5.32 Å². The maximum atomic E-state index is 5.72. The van der Waals surface area contributed by atoms with Gasteiger partial charge in [-0.1, -0.05) is 15.9 Å². The molecule has 20 heavy (non-hydrogen) atoms. The number of benzene rings is 1. The number of hydrogen-bond acceptors (Lipinski definition) is 4. The van der Waals surface area contributed by atoms with Crippen molar-refractivity contribution >= 4 is 15.9 Å². The lowest BCUT2D eigenvalue weighted by Crippen LogP contribution is -2.18. The standard InChI is InChI=1S/C15H24BrNO3/c1-3-19-8-4-9-20-14-5-6-15(16)13(11-14)12-17-7-10-18-2/h5-6,11,17H,3-4,7-10,12H2,1-2H3. The maximum absolute atomic E-state index is 5.72. The smallest absolute Gasteiger partial charge is 0.119 e. The molecule has 1 N–H and O–H groups in total. The van der Waals surface area contributed by atoms with Crippen LogP contribution in [0.25, 0.3) is 0 Å². The van der Waals surface area contributed by atoms with Crippen molar-refractivity contribution < 1.29 is 14.2 Å². The lowest BCUT2D eigenvalue weighted by Gasteiger charge is -2.11. The zero-order chi connectivity index (χ0) is 14.6. The van der Waals surface area contributed by atoms with Crippen LogP contribution in [-0.4, -0.2) is 40.1 Å². The molecule has 0 bridgehead atoms. The van der Waals surface area contributed by atoms with Crippen LogP contribution in [0, 0.1) is 0 Å². The minimum atomic E-state index is 0.679. The molecule has 1 rings (SSSR count). The Balaban J connectivity index is 2.36. The third-order valence-corrected chi connectivity index (χ3v) is 3.50. The van der Waals surface area contributed by atoms with E-state index in [0.717, 1.165) is 42.9 Å². The molecule has 0 amide bonds. The van der Waals surface area contributed by atoms with Gasteiger partial charge in [-0.2, -0.15) is 0 Å². The van der Waals surface area contributed by atoms with Crippen LogP contribution in [0.4, 0.5) is 0 Å². The Morgan fingerprint density at radius 2 is 2.05 bits per heavy atom. The quantitative estimate of drug-likeness (QED) is 0.626. The molecule has 0 aromatic heterocycles. The summed E-state index contributed by atoms with van der Waals surface area (Å²) in [4.78, 5) is 0. The molecule has 0 saturated carbocycles. The molecule has 0 unspecified atom stereocenters. The van der Waals surface area contributed by atoms with Crippen molar-refractivity contribution in [2.75, 3.05) is 40.1 Å². The Hall–Kier alpha value is -0.620. The highest BCUT2D eigenvalue weighted by molar-refractivity contribution is 9.10. The average molecular weight is 346 g/mol. The summed E-state index contributed by atoms with van der Waals surface area (Å²) in [6.45, 7) is 6.53. The van der Waals surface area contributed by atoms with Gasteiger partial charge in [0.1, 0.15) is 5.75 Å². The largest absolute Gasteiger partial charge is 0.493 e. The van der Waals surface area contributed by atoms with Gasteiger partial charge < -0.3 is 19.5 Å². The van der Waals surface area contributed by atoms with Gasteiger partial charge in [0.25, 0.3) is 0 Å². The minimum Gasteiger partial charge on any atom is -0.493 e. The summed E-state index contributed by atoms with van der Waals surface area (Å²) in [5, 5.41) is 3.32. The van der Waals surface area contributed by atoms with E-state index in [-0.39, 0.29) is 0 Å². The van der Waals surface area contributed by atoms with Gasteiger partial charge in [0.2, 0.25) is 0 Å². The Morgan fingerprint density at radius 1 is 1.20 bits per heavy atom. The summed E-state index contributed by atoms with van der Waals surface area (Å²) in [5.74, 6) is 0.897. The number of ether oxygens (including phenoxy) is 3. The Morgan fingerprint density at radius 3 is 2.80 bits per heavy atom. The van der Waals surface area contributed by atoms with Crippen molar-refractivity contribution in [1.29, 1.82) is 0 Å². The predicted octanol–water partition coefficient (Wildman–Crippen LogP) is 2.99. The first-order valence-electron chi connectivity index (χ1n) is 6.96. The van der Waals surface area contributed by atoms with Crippen molar-refractivity contribution in [2.45, 2.75) is 19.9 Å². The van der Waals surface area contributed by atoms with Crippen LogP contribution in [0.2, 0.25) is 0 Å². The summed E-state index contributed by atoms with van der Waals surface area (Å²) in [5.41, 5.74) is 1.18. The minimum absolute atomic E-state index is 0.679. The van der Waals surface area contributed by atoms with Crippen LogP contribution < -0.4 is 10.1 Å². The zero-order valence-corrected chi connectivity index (χ0v) is 13.9. The van der Waals surface area contributed by atoms with E-state index in [1.165, 1.54) is 5.56 Å². The summed E-state index contributed by atoms with van der Waals surface area (Å²) < 4.78 is 17.1. The number of rotatable bonds is 11. The summed E-state index contributed by atoms with van der Waals surface area (Å²) in [6, 6.07) is 6.05. The van der Waals surface area contributed by atoms with E-state index in [2.05, 4.69) is 27.3 Å². The fourth-order valence-electron chi connectivity index (χ4n) is 1.67. The first-order chi connectivity index (χ1) is 9.77. The first kappa shape index (κ1) is 17.4. The average Bonchev–Trinajstić information content (AvgIpc) is 2.46. The maximum Gasteiger partial charge on any atom is 0.119 e. The van der Waals surface area contributed by atoms with Crippen molar-refractivity contribution in [3.63, 3.8) is 0 Å². The molecule has 4 nitrogen and oxygen atoms in total. The molecule has 0 aliphatic carbocycles. The van der Waals surface area contributed by atoms with E-state index in [1.807, 2.05) is 19.1 Å². The van der Waals surface area contributed by atoms with Crippen molar-refractivity contribution in [2.24, 2.45) is 0 Å². The van der Waals surface area contributed by atoms with Crippen molar-refractivity contribution in [3.05, 3.63) is 28.2 Å². The van der Waals surface area contributed by atoms with Crippen LogP contribution in [0.1, 0.15) is 18.9 Å². The first-order valence-corrected chi connectivity index (χ1v) is 7.75. The molecule has 1 aromatic carbocycles. The third kappa shape index (κ3) is 7.24. The van der Waals surface area contributed by atoms with Crippen LogP contribution in [0.5, 0.6) is 5.75 Å². The summed E-state index contributed by atoms with van der Waals surface area (Å²) in [7, 11) is 1.70. The second-order valence-electron chi connectivity index (χ2n) is 4.32. The molecule has 1 aromatic rings. The molecule has 0 atom stereocenters. The summed E-state index contributed by atoms with van der Waals surface area (Å²) >= 11 is 3.56. The highest BCUT2D eigenvalue weighted by Crippen LogP contribution is 2.22. The fraction of sp³-hybridized carbons (Fsp3) is 0.600. The number of halogens is 1. The Labute approximate surface area is 129 Å². The van der Waals surface area contributed by atoms with Crippen LogP contribution in [-0.2, 0) is 16.0 Å². The zero-order valence-electron chi connectivity index (χ0n) is 12.3. The topological polar surface area (TPSA) is 39.7 Å². The van der Waals surface area contributed by atoms with Gasteiger partial charge in [-0.3, -0.25) is 0 Å². The monoisotopic (exact) mass is 345 g/mol. The normalized spacial score (nSPS) is 10.8. The van der Waals surface area contributed by atoms with Gasteiger partial charge in [0, 0.05) is 44.3 Å². The molecule has 0 fully saturated rings. The fourth-order valence-corrected chi connectivity index (χ4v) is 2.06. The van der Waals surface area contributed by atoms with E-state index >= 15 is 0 Å². The molecular formula is C15H24BrNO3. The van der Waals surface area contributed by atoms with E-state index in [0.29, 0.717) is 13.2 Å². The van der Waals surface area contributed by atoms with Gasteiger partial charge in [-0.05, 0) is 30.7 Å². The second kappa shape index (κ2) is 11.1. The SMILES string of the molecule is CCOCCCOc1ccc(Br)c(CNCCOC)c1. The van der Waals surface area contributed by atoms with Gasteiger partial charge in [-0.15, -0.1) is 0 Å². The second-order valence-corrected chi connectivity index (χ2v) is 5.18. The lowest BCUT2D eigenvalue weighted by molar-refractivity contribution is 0.131. The Bertz CT molecular complexity index is 374. The predicted molar refractivity (Wildman–Crippen MR) is 84.3 cm³/mol. The Kier molecular flexibility index (Phi) is 9.66. The van der Waals surface area contributed by atoms with E-state index < -0.39 is 0 Å². The van der Waals surface area contributed by atoms with Crippen LogP contribution >= 0.6 is 15.9 Å². The van der Waals surface area contributed by atoms with Gasteiger partial charge in [-0.25, -0.2) is 0 Å². The van der Waals surface area contributed by atoms with Crippen LogP contribution in [0.3, 0.4) is 0 Å². The molecule has 0 aliphatic rings. The lowest BCUT2D eigenvalue weighted by atomic mass is 10.2. The molecule has 5 heteroatoms. The molecule has 0 spiro atoms. The van der Waals surface area contributed by atoms with Gasteiger partial charge in [0.05, 0.1) is 13.2 Å². The number of hydrogen-bond donors (Lipinski definition) is 1. The highest BCUT2D eigenvalue weighted by atomic mass is 79.9. The number of nitrogens with one attached hydrogen (secondary N) is 1. The van der Waals surface area contributed by atoms with Crippen LogP contribution in [0.15, 0.2) is 22.7 Å².